The summed E-state index contributed by atoms with van der Waals surface area (Å²) in [5.74, 6) is -2.39. The summed E-state index contributed by atoms with van der Waals surface area (Å²) in [5, 5.41) is 18.3. The summed E-state index contributed by atoms with van der Waals surface area (Å²) in [6.07, 6.45) is 1.35. The van der Waals surface area contributed by atoms with Gasteiger partial charge in [0.15, 0.2) is 0 Å². The van der Waals surface area contributed by atoms with E-state index in [9.17, 15) is 28.8 Å². The van der Waals surface area contributed by atoms with Crippen LogP contribution in [0.25, 0.3) is 0 Å². The molecule has 2 aliphatic carbocycles. The molecule has 41 heavy (non-hydrogen) atoms. The van der Waals surface area contributed by atoms with Gasteiger partial charge in [0.25, 0.3) is 0 Å². The standard InChI is InChI=1S/C31H40FN5O4/c1-30(2,3)25(36-27(39)20-13-19(20)18-8-6-7-9-22(18)32)29(41)37-15-21-23(31(21,4)5)24(37)28(40)35-17(14-33)12-16-10-11-34-26(16)38/h6-9,16-17,19-21,23-25H,10-13,15H2,1-5H3,(H,34,38)(H,35,40)(H,36,39). The molecular formula is C31H40FN5O4. The Balaban J connectivity index is 1.30. The van der Waals surface area contributed by atoms with Gasteiger partial charge in [-0.15, -0.1) is 0 Å². The Kier molecular flexibility index (Phi) is 7.37. The third-order valence-corrected chi connectivity index (χ3v) is 9.75. The molecular weight excluding hydrogens is 525 g/mol. The molecule has 0 bridgehead atoms. The number of carbonyl (C=O) groups is 4. The molecule has 2 saturated heterocycles. The second-order valence-electron chi connectivity index (χ2n) is 13.9. The summed E-state index contributed by atoms with van der Waals surface area (Å²) in [6.45, 7) is 10.7. The highest BCUT2D eigenvalue weighted by molar-refractivity contribution is 5.95. The number of hydrogen-bond donors (Lipinski definition) is 3. The molecule has 8 atom stereocenters. The smallest absolute Gasteiger partial charge is 0.246 e. The highest BCUT2D eigenvalue weighted by Gasteiger charge is 2.70. The van der Waals surface area contributed by atoms with Gasteiger partial charge in [-0.05, 0) is 59.5 Å². The van der Waals surface area contributed by atoms with Gasteiger partial charge < -0.3 is 20.9 Å². The van der Waals surface area contributed by atoms with Crippen LogP contribution in [0.1, 0.15) is 65.4 Å². The van der Waals surface area contributed by atoms with Crippen LogP contribution in [0.4, 0.5) is 4.39 Å². The van der Waals surface area contributed by atoms with Gasteiger partial charge in [-0.3, -0.25) is 19.2 Å². The van der Waals surface area contributed by atoms with Crippen molar-refractivity contribution >= 4 is 23.6 Å². The number of halogens is 1. The van der Waals surface area contributed by atoms with Crippen LogP contribution < -0.4 is 16.0 Å². The molecule has 1 aromatic carbocycles. The van der Waals surface area contributed by atoms with Gasteiger partial charge in [0.2, 0.25) is 23.6 Å². The van der Waals surface area contributed by atoms with Gasteiger partial charge >= 0.3 is 0 Å². The van der Waals surface area contributed by atoms with E-state index in [-0.39, 0.29) is 59.0 Å². The second-order valence-corrected chi connectivity index (χ2v) is 13.9. The molecule has 9 nitrogen and oxygen atoms in total. The number of carbonyl (C=O) groups excluding carboxylic acids is 4. The zero-order valence-electron chi connectivity index (χ0n) is 24.4. The number of nitriles is 1. The summed E-state index contributed by atoms with van der Waals surface area (Å²) in [6, 6.07) is 6.04. The molecule has 0 radical (unpaired) electrons. The van der Waals surface area contributed by atoms with Gasteiger partial charge in [-0.1, -0.05) is 52.8 Å². The van der Waals surface area contributed by atoms with Crippen molar-refractivity contribution in [1.82, 2.24) is 20.9 Å². The molecule has 4 amide bonds. The van der Waals surface area contributed by atoms with Crippen LogP contribution in [0.2, 0.25) is 0 Å². The molecule has 3 N–H and O–H groups in total. The molecule has 2 heterocycles. The van der Waals surface area contributed by atoms with Crippen molar-refractivity contribution in [3.8, 4) is 6.07 Å². The maximum absolute atomic E-state index is 14.3. The number of fused-ring (bicyclic) bond motifs is 1. The molecule has 4 aliphatic rings. The number of benzene rings is 1. The molecule has 0 spiro atoms. The van der Waals surface area contributed by atoms with Crippen LogP contribution >= 0.6 is 0 Å². The van der Waals surface area contributed by atoms with Crippen LogP contribution in [0.15, 0.2) is 24.3 Å². The van der Waals surface area contributed by atoms with E-state index < -0.39 is 35.4 Å². The minimum atomic E-state index is -0.887. The van der Waals surface area contributed by atoms with E-state index >= 15 is 0 Å². The molecule has 2 aliphatic heterocycles. The van der Waals surface area contributed by atoms with Gasteiger partial charge in [-0.25, -0.2) is 4.39 Å². The van der Waals surface area contributed by atoms with Crippen molar-refractivity contribution in [3.63, 3.8) is 0 Å². The zero-order chi connectivity index (χ0) is 29.9. The maximum Gasteiger partial charge on any atom is 0.246 e. The normalized spacial score (nSPS) is 30.9. The molecule has 4 fully saturated rings. The first kappa shape index (κ1) is 29.0. The van der Waals surface area contributed by atoms with Crippen LogP contribution in [-0.2, 0) is 19.2 Å². The Labute approximate surface area is 240 Å². The minimum Gasteiger partial charge on any atom is -0.356 e. The highest BCUT2D eigenvalue weighted by atomic mass is 19.1. The Morgan fingerprint density at radius 2 is 1.90 bits per heavy atom. The fourth-order valence-electron chi connectivity index (χ4n) is 7.04. The summed E-state index contributed by atoms with van der Waals surface area (Å²) in [4.78, 5) is 54.7. The first-order chi connectivity index (χ1) is 19.3. The Morgan fingerprint density at radius 3 is 2.51 bits per heavy atom. The number of piperidine rings is 1. The lowest BCUT2D eigenvalue weighted by molar-refractivity contribution is -0.145. The van der Waals surface area contributed by atoms with Crippen molar-refractivity contribution in [1.29, 1.82) is 5.26 Å². The summed E-state index contributed by atoms with van der Waals surface area (Å²) in [7, 11) is 0. The van der Waals surface area contributed by atoms with Crippen LogP contribution in [-0.4, -0.2) is 59.7 Å². The average molecular weight is 566 g/mol. The highest BCUT2D eigenvalue weighted by Crippen LogP contribution is 2.65. The lowest BCUT2D eigenvalue weighted by atomic mass is 9.85. The summed E-state index contributed by atoms with van der Waals surface area (Å²) < 4.78 is 14.3. The van der Waals surface area contributed by atoms with Crippen LogP contribution in [0, 0.1) is 51.6 Å². The lowest BCUT2D eigenvalue weighted by Crippen LogP contribution is -2.60. The third kappa shape index (κ3) is 5.43. The van der Waals surface area contributed by atoms with Crippen molar-refractivity contribution in [2.75, 3.05) is 13.1 Å². The van der Waals surface area contributed by atoms with Crippen LogP contribution in [0.5, 0.6) is 0 Å². The molecule has 5 rings (SSSR count). The van der Waals surface area contributed by atoms with Crippen LogP contribution in [0.3, 0.4) is 0 Å². The summed E-state index contributed by atoms with van der Waals surface area (Å²) >= 11 is 0. The largest absolute Gasteiger partial charge is 0.356 e. The van der Waals surface area contributed by atoms with Crippen molar-refractivity contribution in [2.24, 2.45) is 34.5 Å². The van der Waals surface area contributed by atoms with E-state index in [1.54, 1.807) is 23.1 Å². The average Bonchev–Trinajstić information content (AvgIpc) is 3.65. The van der Waals surface area contributed by atoms with E-state index in [1.165, 1.54) is 6.07 Å². The Bertz CT molecular complexity index is 1300. The molecule has 220 valence electrons. The quantitative estimate of drug-likeness (QED) is 0.446. The molecule has 8 unspecified atom stereocenters. The molecule has 0 aromatic heterocycles. The monoisotopic (exact) mass is 565 g/mol. The van der Waals surface area contributed by atoms with Crippen molar-refractivity contribution < 1.29 is 23.6 Å². The Morgan fingerprint density at radius 1 is 1.20 bits per heavy atom. The van der Waals surface area contributed by atoms with Crippen molar-refractivity contribution in [3.05, 3.63) is 35.6 Å². The third-order valence-electron chi connectivity index (χ3n) is 9.75. The number of nitrogens with one attached hydrogen (secondary N) is 3. The molecule has 1 aromatic rings. The first-order valence-electron chi connectivity index (χ1n) is 14.6. The first-order valence-corrected chi connectivity index (χ1v) is 14.6. The number of rotatable bonds is 8. The van der Waals surface area contributed by atoms with E-state index in [0.29, 0.717) is 31.5 Å². The number of hydrogen-bond acceptors (Lipinski definition) is 5. The van der Waals surface area contributed by atoms with E-state index in [2.05, 4.69) is 35.9 Å². The summed E-state index contributed by atoms with van der Waals surface area (Å²) in [5.41, 5.74) is -0.274. The van der Waals surface area contributed by atoms with E-state index in [4.69, 9.17) is 0 Å². The Hall–Kier alpha value is -3.48. The van der Waals surface area contributed by atoms with Gasteiger partial charge in [0.05, 0.1) is 6.07 Å². The predicted molar refractivity (Wildman–Crippen MR) is 148 cm³/mol. The molecule has 2 saturated carbocycles. The maximum atomic E-state index is 14.3. The SMILES string of the molecule is CC(C)(C)C(NC(=O)C1CC1c1ccccc1F)C(=O)N1CC2C(C1C(=O)NC(C#N)CC1CCNC1=O)C2(C)C. The van der Waals surface area contributed by atoms with Gasteiger partial charge in [0.1, 0.15) is 23.9 Å². The van der Waals surface area contributed by atoms with Gasteiger partial charge in [0, 0.05) is 24.9 Å². The second kappa shape index (κ2) is 10.4. The van der Waals surface area contributed by atoms with Crippen molar-refractivity contribution in [2.45, 2.75) is 77.9 Å². The lowest BCUT2D eigenvalue weighted by Gasteiger charge is -2.38. The predicted octanol–water partition coefficient (Wildman–Crippen LogP) is 2.48. The number of nitrogens with zero attached hydrogens (tertiary/aromatic N) is 2. The minimum absolute atomic E-state index is 0.0641. The zero-order valence-corrected chi connectivity index (χ0v) is 24.4. The number of likely N-dealkylation sites (tertiary alicyclic amines) is 1. The van der Waals surface area contributed by atoms with Gasteiger partial charge in [-0.2, -0.15) is 5.26 Å². The fraction of sp³-hybridized carbons (Fsp3) is 0.645. The van der Waals surface area contributed by atoms with E-state index in [1.807, 2.05) is 20.8 Å². The topological polar surface area (TPSA) is 131 Å². The van der Waals surface area contributed by atoms with E-state index in [0.717, 1.165) is 0 Å². The number of amides is 4. The fourth-order valence-corrected chi connectivity index (χ4v) is 7.04. The molecule has 10 heteroatoms.